The van der Waals surface area contributed by atoms with E-state index in [2.05, 4.69) is 26.5 Å². The van der Waals surface area contributed by atoms with Crippen molar-refractivity contribution in [2.75, 3.05) is 6.79 Å². The Hall–Kier alpha value is -2.34. The van der Waals surface area contributed by atoms with Crippen LogP contribution in [0.5, 0.6) is 11.5 Å². The van der Waals surface area contributed by atoms with Crippen LogP contribution in [0, 0.1) is 6.92 Å². The number of hydrogen-bond donors (Lipinski definition) is 1. The molecule has 1 N–H and O–H groups in total. The fourth-order valence-electron chi connectivity index (χ4n) is 1.96. The Morgan fingerprint density at radius 3 is 2.86 bits per heavy atom. The van der Waals surface area contributed by atoms with E-state index in [4.69, 9.17) is 9.47 Å². The fourth-order valence-corrected chi connectivity index (χ4v) is 2.34. The summed E-state index contributed by atoms with van der Waals surface area (Å²) >= 11 is 3.40. The van der Waals surface area contributed by atoms with Gasteiger partial charge in [0.25, 0.3) is 5.91 Å². The lowest BCUT2D eigenvalue weighted by atomic mass is 10.1. The number of ether oxygens (including phenoxy) is 2. The van der Waals surface area contributed by atoms with Crippen LogP contribution in [0.1, 0.15) is 21.5 Å². The van der Waals surface area contributed by atoms with Crippen LogP contribution in [-0.2, 0) is 0 Å². The van der Waals surface area contributed by atoms with E-state index in [1.54, 1.807) is 24.4 Å². The number of carbonyl (C=O) groups is 1. The summed E-state index contributed by atoms with van der Waals surface area (Å²) in [5.74, 6) is 1.13. The Kier molecular flexibility index (Phi) is 4.11. The molecule has 0 fully saturated rings. The lowest BCUT2D eigenvalue weighted by molar-refractivity contribution is 0.0955. The minimum atomic E-state index is -0.266. The number of carbonyl (C=O) groups excluding carboxylic acids is 1. The first kappa shape index (κ1) is 14.6. The van der Waals surface area contributed by atoms with Gasteiger partial charge in [-0.3, -0.25) is 4.79 Å². The van der Waals surface area contributed by atoms with Crippen LogP contribution in [0.3, 0.4) is 0 Å². The van der Waals surface area contributed by atoms with Crippen LogP contribution in [0.15, 0.2) is 46.0 Å². The highest BCUT2D eigenvalue weighted by Gasteiger charge is 2.12. The topological polar surface area (TPSA) is 59.9 Å². The third kappa shape index (κ3) is 3.12. The minimum Gasteiger partial charge on any atom is -0.454 e. The van der Waals surface area contributed by atoms with E-state index in [1.165, 1.54) is 0 Å². The normalized spacial score (nSPS) is 12.6. The summed E-state index contributed by atoms with van der Waals surface area (Å²) in [6, 6.07) is 10.8. The molecule has 0 radical (unpaired) electrons. The third-order valence-corrected chi connectivity index (χ3v) is 4.06. The first-order valence-corrected chi connectivity index (χ1v) is 7.42. The van der Waals surface area contributed by atoms with Gasteiger partial charge in [-0.25, -0.2) is 5.43 Å². The molecule has 6 heteroatoms. The summed E-state index contributed by atoms with van der Waals surface area (Å²) in [5.41, 5.74) is 4.93. The maximum Gasteiger partial charge on any atom is 0.271 e. The van der Waals surface area contributed by atoms with E-state index in [9.17, 15) is 4.79 Å². The van der Waals surface area contributed by atoms with Crippen LogP contribution in [0.4, 0.5) is 0 Å². The largest absolute Gasteiger partial charge is 0.454 e. The van der Waals surface area contributed by atoms with Gasteiger partial charge in [0.2, 0.25) is 6.79 Å². The monoisotopic (exact) mass is 360 g/mol. The van der Waals surface area contributed by atoms with Gasteiger partial charge in [-0.15, -0.1) is 0 Å². The summed E-state index contributed by atoms with van der Waals surface area (Å²) < 4.78 is 11.4. The lowest BCUT2D eigenvalue weighted by Gasteiger charge is -2.03. The highest BCUT2D eigenvalue weighted by Crippen LogP contribution is 2.31. The van der Waals surface area contributed by atoms with Gasteiger partial charge < -0.3 is 9.47 Å². The molecule has 112 valence electrons. The van der Waals surface area contributed by atoms with Crippen molar-refractivity contribution in [1.82, 2.24) is 5.43 Å². The Morgan fingerprint density at radius 2 is 2.05 bits per heavy atom. The molecule has 0 aliphatic carbocycles. The molecule has 0 bridgehead atoms. The molecule has 1 amide bonds. The van der Waals surface area contributed by atoms with Crippen molar-refractivity contribution in [2.24, 2.45) is 5.10 Å². The molecule has 0 saturated carbocycles. The molecule has 1 aliphatic rings. The highest BCUT2D eigenvalue weighted by molar-refractivity contribution is 9.10. The number of halogens is 1. The number of nitrogens with zero attached hydrogens (tertiary/aromatic N) is 1. The van der Waals surface area contributed by atoms with Gasteiger partial charge >= 0.3 is 0 Å². The molecule has 0 spiro atoms. The van der Waals surface area contributed by atoms with Crippen molar-refractivity contribution in [3.63, 3.8) is 0 Å². The summed E-state index contributed by atoms with van der Waals surface area (Å²) in [4.78, 5) is 12.0. The molecule has 2 aromatic carbocycles. The molecule has 0 aromatic heterocycles. The zero-order valence-electron chi connectivity index (χ0n) is 11.8. The number of hydrazone groups is 1. The molecule has 0 saturated heterocycles. The molecular weight excluding hydrogens is 348 g/mol. The number of aryl methyl sites for hydroxylation is 1. The smallest absolute Gasteiger partial charge is 0.271 e. The maximum atomic E-state index is 12.0. The van der Waals surface area contributed by atoms with E-state index in [0.29, 0.717) is 17.1 Å². The molecule has 1 heterocycles. The second kappa shape index (κ2) is 6.19. The lowest BCUT2D eigenvalue weighted by Crippen LogP contribution is -2.17. The summed E-state index contributed by atoms with van der Waals surface area (Å²) in [7, 11) is 0. The van der Waals surface area contributed by atoms with Gasteiger partial charge in [0, 0.05) is 10.0 Å². The zero-order valence-corrected chi connectivity index (χ0v) is 13.4. The van der Waals surface area contributed by atoms with Gasteiger partial charge in [0.1, 0.15) is 0 Å². The van der Waals surface area contributed by atoms with Crippen molar-refractivity contribution in [2.45, 2.75) is 6.92 Å². The Labute approximate surface area is 136 Å². The van der Waals surface area contributed by atoms with Crippen molar-refractivity contribution in [3.8, 4) is 11.5 Å². The molecule has 3 rings (SSSR count). The number of rotatable bonds is 3. The summed E-state index contributed by atoms with van der Waals surface area (Å²) in [6.07, 6.45) is 1.56. The van der Waals surface area contributed by atoms with Crippen LogP contribution >= 0.6 is 15.9 Å². The Morgan fingerprint density at radius 1 is 1.23 bits per heavy atom. The average Bonchev–Trinajstić information content (AvgIpc) is 2.97. The van der Waals surface area contributed by atoms with Crippen molar-refractivity contribution in [3.05, 3.63) is 57.6 Å². The first-order chi connectivity index (χ1) is 10.6. The highest BCUT2D eigenvalue weighted by atomic mass is 79.9. The van der Waals surface area contributed by atoms with Gasteiger partial charge in [0.15, 0.2) is 11.5 Å². The summed E-state index contributed by atoms with van der Waals surface area (Å²) in [5, 5.41) is 3.96. The van der Waals surface area contributed by atoms with Gasteiger partial charge in [-0.1, -0.05) is 22.0 Å². The van der Waals surface area contributed by atoms with Crippen LogP contribution in [-0.4, -0.2) is 18.9 Å². The van der Waals surface area contributed by atoms with Gasteiger partial charge in [-0.2, -0.15) is 5.10 Å². The number of amides is 1. The molecule has 22 heavy (non-hydrogen) atoms. The maximum absolute atomic E-state index is 12.0. The molecule has 5 nitrogen and oxygen atoms in total. The predicted molar refractivity (Wildman–Crippen MR) is 86.5 cm³/mol. The van der Waals surface area contributed by atoms with Crippen molar-refractivity contribution in [1.29, 1.82) is 0 Å². The van der Waals surface area contributed by atoms with Crippen LogP contribution < -0.4 is 14.9 Å². The first-order valence-electron chi connectivity index (χ1n) is 6.63. The number of fused-ring (bicyclic) bond motifs is 1. The summed E-state index contributed by atoms with van der Waals surface area (Å²) in [6.45, 7) is 2.19. The van der Waals surface area contributed by atoms with E-state index >= 15 is 0 Å². The SMILES string of the molecule is Cc1ccc(C(=O)NN=Cc2ccc3c(c2)OCO3)cc1Br. The second-order valence-corrected chi connectivity index (χ2v) is 5.63. The molecule has 2 aromatic rings. The molecule has 1 aliphatic heterocycles. The zero-order chi connectivity index (χ0) is 15.5. The number of hydrogen-bond acceptors (Lipinski definition) is 4. The van der Waals surface area contributed by atoms with Crippen molar-refractivity contribution < 1.29 is 14.3 Å². The molecule has 0 unspecified atom stereocenters. The van der Waals surface area contributed by atoms with Crippen molar-refractivity contribution >= 4 is 28.1 Å². The minimum absolute atomic E-state index is 0.231. The standard InChI is InChI=1S/C16H13BrN2O3/c1-10-2-4-12(7-13(10)17)16(20)19-18-8-11-3-5-14-15(6-11)22-9-21-14/h2-8H,9H2,1H3,(H,19,20). The quantitative estimate of drug-likeness (QED) is 0.675. The van der Waals surface area contributed by atoms with E-state index in [-0.39, 0.29) is 12.7 Å². The van der Waals surface area contributed by atoms with E-state index < -0.39 is 0 Å². The number of nitrogens with one attached hydrogen (secondary N) is 1. The van der Waals surface area contributed by atoms with Crippen LogP contribution in [0.25, 0.3) is 0 Å². The molecule has 0 atom stereocenters. The Balaban J connectivity index is 1.66. The third-order valence-electron chi connectivity index (χ3n) is 3.21. The van der Waals surface area contributed by atoms with Gasteiger partial charge in [0.05, 0.1) is 6.21 Å². The number of benzene rings is 2. The van der Waals surface area contributed by atoms with Crippen LogP contribution in [0.2, 0.25) is 0 Å². The fraction of sp³-hybridized carbons (Fsp3) is 0.125. The predicted octanol–water partition coefficient (Wildman–Crippen LogP) is 3.25. The van der Waals surface area contributed by atoms with Gasteiger partial charge in [-0.05, 0) is 48.4 Å². The van der Waals surface area contributed by atoms with E-state index in [1.807, 2.05) is 25.1 Å². The van der Waals surface area contributed by atoms with E-state index in [0.717, 1.165) is 15.6 Å². The Bertz CT molecular complexity index is 759. The second-order valence-electron chi connectivity index (χ2n) is 4.78. The average molecular weight is 361 g/mol. The molecular formula is C16H13BrN2O3.